The van der Waals surface area contributed by atoms with Gasteiger partial charge in [0.2, 0.25) is 0 Å². The summed E-state index contributed by atoms with van der Waals surface area (Å²) < 4.78 is 0. The second kappa shape index (κ2) is 6.06. The molecule has 1 unspecified atom stereocenters. The van der Waals surface area contributed by atoms with Gasteiger partial charge in [-0.3, -0.25) is 0 Å². The van der Waals surface area contributed by atoms with Crippen molar-refractivity contribution in [2.45, 2.75) is 43.6 Å². The summed E-state index contributed by atoms with van der Waals surface area (Å²) in [6.45, 7) is 0. The molecular weight excluding hydrogens is 264 g/mol. The topological polar surface area (TPSA) is 24.9 Å². The lowest BCUT2D eigenvalue weighted by molar-refractivity contribution is 0.307. The molecule has 1 aromatic heterocycles. The molecule has 0 radical (unpaired) electrons. The largest absolute Gasteiger partial charge is 0.316 e. The van der Waals surface area contributed by atoms with Gasteiger partial charge in [0.15, 0.2) is 0 Å². The van der Waals surface area contributed by atoms with Crippen LogP contribution in [0.2, 0.25) is 0 Å². The van der Waals surface area contributed by atoms with Crippen molar-refractivity contribution in [2.24, 2.45) is 0 Å². The molecule has 3 rings (SSSR count). The number of rotatable bonds is 5. The standard InChI is InChI=1S/C17H22N2S/c1-18-15(13-16-19-11-12-20-16)17(9-5-6-10-17)14-7-3-2-4-8-14/h2-4,7-8,11-12,15,18H,5-6,9-10,13H2,1H3. The number of aromatic nitrogens is 1. The number of likely N-dealkylation sites (N-methyl/N-ethyl adjacent to an activating group) is 1. The molecular formula is C17H22N2S. The molecule has 1 aliphatic carbocycles. The van der Waals surface area contributed by atoms with Crippen LogP contribution in [0, 0.1) is 0 Å². The molecule has 0 aliphatic heterocycles. The summed E-state index contributed by atoms with van der Waals surface area (Å²) in [5.41, 5.74) is 1.77. The summed E-state index contributed by atoms with van der Waals surface area (Å²) in [4.78, 5) is 4.48. The molecule has 3 heteroatoms. The fourth-order valence-corrected chi connectivity index (χ4v) is 4.38. The average Bonchev–Trinajstić information content (AvgIpc) is 3.18. The van der Waals surface area contributed by atoms with E-state index in [2.05, 4.69) is 53.1 Å². The van der Waals surface area contributed by atoms with Gasteiger partial charge in [-0.2, -0.15) is 0 Å². The van der Waals surface area contributed by atoms with Crippen LogP contribution in [0.15, 0.2) is 41.9 Å². The number of benzene rings is 1. The first-order valence-corrected chi connectivity index (χ1v) is 8.34. The van der Waals surface area contributed by atoms with E-state index in [-0.39, 0.29) is 5.41 Å². The van der Waals surface area contributed by atoms with Crippen molar-refractivity contribution < 1.29 is 0 Å². The average molecular weight is 286 g/mol. The smallest absolute Gasteiger partial charge is 0.0940 e. The van der Waals surface area contributed by atoms with Crippen LogP contribution in [0.25, 0.3) is 0 Å². The normalized spacial score (nSPS) is 19.1. The lowest BCUT2D eigenvalue weighted by Gasteiger charge is -2.38. The van der Waals surface area contributed by atoms with Crippen LogP contribution in [0.3, 0.4) is 0 Å². The zero-order valence-corrected chi connectivity index (χ0v) is 12.8. The first-order valence-electron chi connectivity index (χ1n) is 7.46. The Morgan fingerprint density at radius 3 is 2.60 bits per heavy atom. The maximum atomic E-state index is 4.48. The van der Waals surface area contributed by atoms with E-state index >= 15 is 0 Å². The molecule has 1 atom stereocenters. The quantitative estimate of drug-likeness (QED) is 0.904. The lowest BCUT2D eigenvalue weighted by atomic mass is 9.71. The Bertz CT molecular complexity index is 515. The Morgan fingerprint density at radius 1 is 1.25 bits per heavy atom. The van der Waals surface area contributed by atoms with Crippen molar-refractivity contribution in [3.8, 4) is 0 Å². The van der Waals surface area contributed by atoms with Gasteiger partial charge < -0.3 is 5.32 Å². The molecule has 1 saturated carbocycles. The Kier molecular flexibility index (Phi) is 4.18. The Morgan fingerprint density at radius 2 is 2.00 bits per heavy atom. The number of hydrogen-bond donors (Lipinski definition) is 1. The lowest BCUT2D eigenvalue weighted by Crippen LogP contribution is -2.47. The molecule has 2 aromatic rings. The van der Waals surface area contributed by atoms with Crippen molar-refractivity contribution in [1.82, 2.24) is 10.3 Å². The van der Waals surface area contributed by atoms with Crippen LogP contribution >= 0.6 is 11.3 Å². The van der Waals surface area contributed by atoms with Crippen LogP contribution in [0.1, 0.15) is 36.3 Å². The minimum atomic E-state index is 0.279. The third-order valence-corrected chi connectivity index (χ3v) is 5.52. The van der Waals surface area contributed by atoms with Gasteiger partial charge >= 0.3 is 0 Å². The highest BCUT2D eigenvalue weighted by molar-refractivity contribution is 7.09. The van der Waals surface area contributed by atoms with E-state index in [4.69, 9.17) is 0 Å². The maximum Gasteiger partial charge on any atom is 0.0940 e. The molecule has 20 heavy (non-hydrogen) atoms. The van der Waals surface area contributed by atoms with Crippen molar-refractivity contribution >= 4 is 11.3 Å². The van der Waals surface area contributed by atoms with Crippen molar-refractivity contribution in [2.75, 3.05) is 7.05 Å². The number of nitrogens with one attached hydrogen (secondary N) is 1. The molecule has 1 heterocycles. The van der Waals surface area contributed by atoms with Crippen molar-refractivity contribution in [3.63, 3.8) is 0 Å². The molecule has 0 saturated heterocycles. The van der Waals surface area contributed by atoms with Gasteiger partial charge in [-0.15, -0.1) is 11.3 Å². The molecule has 1 aliphatic rings. The summed E-state index contributed by atoms with van der Waals surface area (Å²) in [7, 11) is 2.10. The molecule has 106 valence electrons. The first-order chi connectivity index (χ1) is 9.85. The summed E-state index contributed by atoms with van der Waals surface area (Å²) in [5, 5.41) is 6.91. The van der Waals surface area contributed by atoms with Crippen LogP contribution in [-0.4, -0.2) is 18.1 Å². The summed E-state index contributed by atoms with van der Waals surface area (Å²) in [6, 6.07) is 11.5. The van der Waals surface area contributed by atoms with Crippen molar-refractivity contribution in [1.29, 1.82) is 0 Å². The van der Waals surface area contributed by atoms with E-state index in [9.17, 15) is 0 Å². The van der Waals surface area contributed by atoms with Gasteiger partial charge in [-0.25, -0.2) is 4.98 Å². The summed E-state index contributed by atoms with van der Waals surface area (Å²) in [5.74, 6) is 0. The summed E-state index contributed by atoms with van der Waals surface area (Å²) >= 11 is 1.77. The minimum absolute atomic E-state index is 0.279. The monoisotopic (exact) mass is 286 g/mol. The Labute approximate surface area is 125 Å². The van der Waals surface area contributed by atoms with Gasteiger partial charge in [-0.1, -0.05) is 43.2 Å². The third kappa shape index (κ3) is 2.52. The highest BCUT2D eigenvalue weighted by Crippen LogP contribution is 2.44. The van der Waals surface area contributed by atoms with E-state index in [0.29, 0.717) is 6.04 Å². The molecule has 2 nitrogen and oxygen atoms in total. The zero-order valence-electron chi connectivity index (χ0n) is 12.0. The Hall–Kier alpha value is -1.19. The van der Waals surface area contributed by atoms with Crippen molar-refractivity contribution in [3.05, 3.63) is 52.5 Å². The van der Waals surface area contributed by atoms with E-state index in [1.165, 1.54) is 36.3 Å². The zero-order chi connectivity index (χ0) is 13.8. The second-order valence-electron chi connectivity index (χ2n) is 5.70. The van der Waals surface area contributed by atoms with Gasteiger partial charge in [0.25, 0.3) is 0 Å². The molecule has 0 spiro atoms. The predicted octanol–water partition coefficient (Wildman–Crippen LogP) is 3.79. The van der Waals surface area contributed by atoms with E-state index in [1.54, 1.807) is 11.3 Å². The van der Waals surface area contributed by atoms with Crippen LogP contribution in [-0.2, 0) is 11.8 Å². The maximum absolute atomic E-state index is 4.48. The van der Waals surface area contributed by atoms with Crippen LogP contribution in [0.4, 0.5) is 0 Å². The molecule has 1 N–H and O–H groups in total. The van der Waals surface area contributed by atoms with Gasteiger partial charge in [-0.05, 0) is 25.5 Å². The van der Waals surface area contributed by atoms with E-state index in [1.807, 2.05) is 6.20 Å². The fourth-order valence-electron chi connectivity index (χ4n) is 3.72. The van der Waals surface area contributed by atoms with Gasteiger partial charge in [0, 0.05) is 29.5 Å². The molecule has 1 aromatic carbocycles. The predicted molar refractivity (Wildman–Crippen MR) is 85.3 cm³/mol. The number of nitrogens with zero attached hydrogens (tertiary/aromatic N) is 1. The third-order valence-electron chi connectivity index (χ3n) is 4.72. The highest BCUT2D eigenvalue weighted by atomic mass is 32.1. The van der Waals surface area contributed by atoms with Gasteiger partial charge in [0.1, 0.15) is 0 Å². The SMILES string of the molecule is CNC(Cc1nccs1)C1(c2ccccc2)CCCC1. The van der Waals surface area contributed by atoms with E-state index in [0.717, 1.165) is 6.42 Å². The molecule has 1 fully saturated rings. The fraction of sp³-hybridized carbons (Fsp3) is 0.471. The van der Waals surface area contributed by atoms with Crippen LogP contribution < -0.4 is 5.32 Å². The first kappa shape index (κ1) is 13.8. The number of thiazole rings is 1. The number of hydrogen-bond acceptors (Lipinski definition) is 3. The minimum Gasteiger partial charge on any atom is -0.316 e. The second-order valence-corrected chi connectivity index (χ2v) is 6.68. The van der Waals surface area contributed by atoms with E-state index < -0.39 is 0 Å². The van der Waals surface area contributed by atoms with Crippen LogP contribution in [0.5, 0.6) is 0 Å². The highest BCUT2D eigenvalue weighted by Gasteiger charge is 2.42. The Balaban J connectivity index is 1.92. The molecule has 0 amide bonds. The summed E-state index contributed by atoms with van der Waals surface area (Å²) in [6.07, 6.45) is 8.19. The molecule has 0 bridgehead atoms. The van der Waals surface area contributed by atoms with Gasteiger partial charge in [0.05, 0.1) is 5.01 Å².